The molecule has 0 spiro atoms. The minimum Gasteiger partial charge on any atom is -0.450 e. The highest BCUT2D eigenvalue weighted by molar-refractivity contribution is 6.44. The summed E-state index contributed by atoms with van der Waals surface area (Å²) in [5.74, 6) is -2.18. The molecule has 2 aliphatic rings. The molecule has 2 saturated carbocycles. The summed E-state index contributed by atoms with van der Waals surface area (Å²) in [6.45, 7) is 1.71. The maximum atomic E-state index is 15.1. The molecule has 2 fully saturated rings. The van der Waals surface area contributed by atoms with Crippen molar-refractivity contribution in [2.45, 2.75) is 75.5 Å². The number of ether oxygens (including phenoxy) is 1. The van der Waals surface area contributed by atoms with Gasteiger partial charge in [0.25, 0.3) is 5.91 Å². The van der Waals surface area contributed by atoms with Crippen molar-refractivity contribution in [2.75, 3.05) is 11.9 Å². The Balaban J connectivity index is 1.70. The highest BCUT2D eigenvalue weighted by atomic mass is 19.1. The summed E-state index contributed by atoms with van der Waals surface area (Å²) in [4.78, 5) is 50.4. The van der Waals surface area contributed by atoms with Gasteiger partial charge in [-0.15, -0.1) is 0 Å². The van der Waals surface area contributed by atoms with Gasteiger partial charge in [-0.3, -0.25) is 19.1 Å². The molecule has 1 aromatic heterocycles. The van der Waals surface area contributed by atoms with Crippen LogP contribution in [-0.4, -0.2) is 57.3 Å². The maximum Gasteiger partial charge on any atom is 0.407 e. The molecule has 1 unspecified atom stereocenters. The Bertz CT molecular complexity index is 876. The molecule has 32 heavy (non-hydrogen) atoms. The van der Waals surface area contributed by atoms with E-state index in [0.717, 1.165) is 0 Å². The number of rotatable bonds is 9. The van der Waals surface area contributed by atoms with Crippen LogP contribution in [0.4, 0.5) is 15.0 Å². The lowest BCUT2D eigenvalue weighted by Gasteiger charge is -2.41. The van der Waals surface area contributed by atoms with Crippen LogP contribution in [0.2, 0.25) is 0 Å². The van der Waals surface area contributed by atoms with E-state index < -0.39 is 40.9 Å². The lowest BCUT2D eigenvalue weighted by atomic mass is 9.73. The average Bonchev–Trinajstić information content (AvgIpc) is 3.31. The van der Waals surface area contributed by atoms with E-state index in [1.807, 2.05) is 0 Å². The first-order valence-corrected chi connectivity index (χ1v) is 11.0. The number of hydrogen-bond donors (Lipinski definition) is 3. The molecule has 1 heterocycles. The molecule has 10 nitrogen and oxygen atoms in total. The van der Waals surface area contributed by atoms with Crippen molar-refractivity contribution in [3.8, 4) is 0 Å². The smallest absolute Gasteiger partial charge is 0.407 e. The van der Waals surface area contributed by atoms with Gasteiger partial charge in [-0.05, 0) is 39.0 Å². The number of aromatic nitrogens is 2. The minimum atomic E-state index is -1.57. The molecule has 3 N–H and O–H groups in total. The molecule has 11 heteroatoms. The predicted molar refractivity (Wildman–Crippen MR) is 112 cm³/mol. The zero-order valence-electron chi connectivity index (χ0n) is 18.4. The zero-order chi connectivity index (χ0) is 23.4. The van der Waals surface area contributed by atoms with Gasteiger partial charge < -0.3 is 20.7 Å². The van der Waals surface area contributed by atoms with Crippen molar-refractivity contribution < 1.29 is 28.3 Å². The second-order valence-electron chi connectivity index (χ2n) is 8.56. The zero-order valence-corrected chi connectivity index (χ0v) is 18.4. The number of ketones is 1. The molecule has 2 aliphatic carbocycles. The van der Waals surface area contributed by atoms with Gasteiger partial charge in [0.1, 0.15) is 17.2 Å². The summed E-state index contributed by atoms with van der Waals surface area (Å²) in [6.07, 6.45) is 3.78. The highest BCUT2D eigenvalue weighted by Crippen LogP contribution is 2.38. The number of amides is 3. The summed E-state index contributed by atoms with van der Waals surface area (Å²) in [6, 6.07) is 0.319. The van der Waals surface area contributed by atoms with Crippen LogP contribution in [0, 0.1) is 0 Å². The van der Waals surface area contributed by atoms with Gasteiger partial charge >= 0.3 is 6.09 Å². The van der Waals surface area contributed by atoms with Gasteiger partial charge in [-0.25, -0.2) is 9.18 Å². The molecule has 0 aliphatic heterocycles. The molecule has 1 aromatic rings. The van der Waals surface area contributed by atoms with Crippen LogP contribution in [-0.2, 0) is 26.2 Å². The quantitative estimate of drug-likeness (QED) is 0.490. The Morgan fingerprint density at radius 3 is 2.41 bits per heavy atom. The second kappa shape index (κ2) is 9.66. The van der Waals surface area contributed by atoms with Gasteiger partial charge in [0, 0.05) is 25.7 Å². The number of halogens is 1. The molecule has 3 amide bonds. The minimum absolute atomic E-state index is 0.0943. The molecular weight excluding hydrogens is 421 g/mol. The fraction of sp³-hybridized carbons (Fsp3) is 0.667. The first-order chi connectivity index (χ1) is 15.2. The third kappa shape index (κ3) is 5.43. The molecule has 0 aromatic carbocycles. The number of nitrogens with one attached hydrogen (secondary N) is 3. The average molecular weight is 451 g/mol. The Labute approximate surface area is 185 Å². The predicted octanol–water partition coefficient (Wildman–Crippen LogP) is 1.75. The van der Waals surface area contributed by atoms with E-state index in [9.17, 15) is 19.2 Å². The van der Waals surface area contributed by atoms with Crippen LogP contribution in [0.25, 0.3) is 0 Å². The first kappa shape index (κ1) is 23.7. The van der Waals surface area contributed by atoms with Crippen LogP contribution in [0.5, 0.6) is 0 Å². The fourth-order valence-corrected chi connectivity index (χ4v) is 4.24. The van der Waals surface area contributed by atoms with Gasteiger partial charge in [0.15, 0.2) is 5.82 Å². The van der Waals surface area contributed by atoms with E-state index in [2.05, 4.69) is 21.0 Å². The van der Waals surface area contributed by atoms with E-state index in [4.69, 9.17) is 4.74 Å². The lowest BCUT2D eigenvalue weighted by molar-refractivity contribution is -0.144. The Kier molecular flexibility index (Phi) is 7.15. The Morgan fingerprint density at radius 1 is 1.19 bits per heavy atom. The van der Waals surface area contributed by atoms with Gasteiger partial charge in [-0.2, -0.15) is 5.10 Å². The van der Waals surface area contributed by atoms with Crippen molar-refractivity contribution in [3.05, 3.63) is 12.3 Å². The summed E-state index contributed by atoms with van der Waals surface area (Å²) in [7, 11) is 1.67. The van der Waals surface area contributed by atoms with Crippen LogP contribution < -0.4 is 16.0 Å². The van der Waals surface area contributed by atoms with Crippen molar-refractivity contribution in [1.82, 2.24) is 20.4 Å². The topological polar surface area (TPSA) is 131 Å². The molecule has 176 valence electrons. The van der Waals surface area contributed by atoms with Crippen molar-refractivity contribution in [1.29, 1.82) is 0 Å². The van der Waals surface area contributed by atoms with Crippen molar-refractivity contribution in [3.63, 3.8) is 0 Å². The summed E-state index contributed by atoms with van der Waals surface area (Å²) in [5, 5.41) is 11.5. The van der Waals surface area contributed by atoms with Crippen LogP contribution in [0.15, 0.2) is 12.3 Å². The van der Waals surface area contributed by atoms with Gasteiger partial charge in [0.2, 0.25) is 11.7 Å². The Morgan fingerprint density at radius 2 is 1.88 bits per heavy atom. The summed E-state index contributed by atoms with van der Waals surface area (Å²) >= 11 is 0. The number of anilines is 1. The van der Waals surface area contributed by atoms with Crippen molar-refractivity contribution >= 4 is 29.5 Å². The highest BCUT2D eigenvalue weighted by Gasteiger charge is 2.50. The number of Topliss-reactive ketones (excluding diaryl/α,β-unsaturated/α-hetero) is 1. The van der Waals surface area contributed by atoms with E-state index in [-0.39, 0.29) is 31.7 Å². The molecule has 0 bridgehead atoms. The van der Waals surface area contributed by atoms with Crippen LogP contribution >= 0.6 is 0 Å². The number of nitrogens with zero attached hydrogens (tertiary/aromatic N) is 2. The third-order valence-electron chi connectivity index (χ3n) is 6.12. The number of carbonyl (C=O) groups is 4. The first-order valence-electron chi connectivity index (χ1n) is 11.0. The largest absolute Gasteiger partial charge is 0.450 e. The Hall–Kier alpha value is -2.98. The standard InChI is InChI=1S/C21H30FN5O5/c1-3-32-19(31)23-14(13-20(22)8-4-5-9-20)17(29)25-21(10-6-11-21)16(28)18(30)24-15-7-12-27(2)26-15/h7,12,14H,3-6,8-11,13H2,1-2H3,(H,23,31)(H,25,29)(H,24,26,30). The normalized spacial score (nSPS) is 19.3. The SMILES string of the molecule is CCOC(=O)NC(CC1(F)CCCC1)C(=O)NC1(C(=O)C(=O)Nc2ccn(C)n2)CCC1. The lowest BCUT2D eigenvalue weighted by Crippen LogP contribution is -2.65. The van der Waals surface area contributed by atoms with Gasteiger partial charge in [-0.1, -0.05) is 12.8 Å². The third-order valence-corrected chi connectivity index (χ3v) is 6.12. The van der Waals surface area contributed by atoms with E-state index in [0.29, 0.717) is 32.1 Å². The fourth-order valence-electron chi connectivity index (χ4n) is 4.24. The molecular formula is C21H30FN5O5. The van der Waals surface area contributed by atoms with Crippen LogP contribution in [0.1, 0.15) is 58.3 Å². The summed E-state index contributed by atoms with van der Waals surface area (Å²) in [5.41, 5.74) is -2.96. The number of alkyl carbamates (subject to hydrolysis) is 1. The maximum absolute atomic E-state index is 15.1. The molecule has 0 radical (unpaired) electrons. The number of carbonyl (C=O) groups excluding carboxylic acids is 4. The summed E-state index contributed by atoms with van der Waals surface area (Å²) < 4.78 is 21.4. The monoisotopic (exact) mass is 451 g/mol. The van der Waals surface area contributed by atoms with E-state index in [1.54, 1.807) is 26.2 Å². The second-order valence-corrected chi connectivity index (χ2v) is 8.56. The van der Waals surface area contributed by atoms with Crippen molar-refractivity contribution in [2.24, 2.45) is 7.05 Å². The van der Waals surface area contributed by atoms with E-state index >= 15 is 4.39 Å². The number of hydrogen-bond acceptors (Lipinski definition) is 6. The van der Waals surface area contributed by atoms with E-state index in [1.165, 1.54) is 4.68 Å². The molecule has 0 saturated heterocycles. The van der Waals surface area contributed by atoms with Gasteiger partial charge in [0.05, 0.1) is 6.61 Å². The molecule has 1 atom stereocenters. The number of alkyl halides is 1. The van der Waals surface area contributed by atoms with Crippen LogP contribution in [0.3, 0.4) is 0 Å². The molecule has 3 rings (SSSR count). The number of aryl methyl sites for hydroxylation is 1.